The molecule has 0 bridgehead atoms. The van der Waals surface area contributed by atoms with E-state index in [9.17, 15) is 4.79 Å². The van der Waals surface area contributed by atoms with Crippen LogP contribution in [0, 0.1) is 0 Å². The molecule has 1 N–H and O–H groups in total. The number of anilines is 1. The van der Waals surface area contributed by atoms with Crippen molar-refractivity contribution < 1.29 is 9.21 Å². The minimum absolute atomic E-state index is 0.182. The van der Waals surface area contributed by atoms with Gasteiger partial charge in [0, 0.05) is 15.5 Å². The Morgan fingerprint density at radius 1 is 1.05 bits per heavy atom. The zero-order chi connectivity index (χ0) is 14.1. The van der Waals surface area contributed by atoms with Gasteiger partial charge in [0.2, 0.25) is 0 Å². The van der Waals surface area contributed by atoms with Crippen LogP contribution in [0.4, 0.5) is 5.69 Å². The quantitative estimate of drug-likeness (QED) is 0.698. The lowest BCUT2D eigenvalue weighted by atomic mass is 10.1. The van der Waals surface area contributed by atoms with Crippen molar-refractivity contribution in [2.24, 2.45) is 0 Å². The lowest BCUT2D eigenvalue weighted by Gasteiger charge is -2.08. The highest BCUT2D eigenvalue weighted by Crippen LogP contribution is 2.30. The minimum atomic E-state index is -0.329. The first kappa shape index (κ1) is 13.2. The van der Waals surface area contributed by atoms with Crippen LogP contribution in [0.15, 0.2) is 57.4 Å². The zero-order valence-electron chi connectivity index (χ0n) is 10.2. The second kappa shape index (κ2) is 5.31. The number of benzene rings is 2. The molecule has 100 valence electrons. The number of fused-ring (bicyclic) bond motifs is 1. The van der Waals surface area contributed by atoms with Crippen molar-refractivity contribution in [3.63, 3.8) is 0 Å². The molecule has 1 heterocycles. The second-order valence-corrected chi connectivity index (χ2v) is 5.43. The highest BCUT2D eigenvalue weighted by atomic mass is 79.9. The summed E-state index contributed by atoms with van der Waals surface area (Å²) in [5, 5.41) is 5.00. The van der Waals surface area contributed by atoms with Gasteiger partial charge in [-0.15, -0.1) is 0 Å². The molecule has 0 spiro atoms. The van der Waals surface area contributed by atoms with Crippen molar-refractivity contribution in [2.45, 2.75) is 0 Å². The van der Waals surface area contributed by atoms with Crippen LogP contribution in [-0.4, -0.2) is 5.91 Å². The maximum absolute atomic E-state index is 12.1. The van der Waals surface area contributed by atoms with E-state index in [0.29, 0.717) is 0 Å². The Morgan fingerprint density at radius 2 is 1.80 bits per heavy atom. The van der Waals surface area contributed by atoms with Crippen molar-refractivity contribution in [1.82, 2.24) is 0 Å². The van der Waals surface area contributed by atoms with Gasteiger partial charge in [-0.2, -0.15) is 0 Å². The third kappa shape index (κ3) is 2.44. The molecule has 1 aromatic heterocycles. The second-order valence-electron chi connectivity index (χ2n) is 4.20. The maximum atomic E-state index is 12.1. The number of amides is 1. The number of carbonyl (C=O) groups excluding carboxylic acids is 1. The Morgan fingerprint density at radius 3 is 2.50 bits per heavy atom. The van der Waals surface area contributed by atoms with Crippen LogP contribution in [0.25, 0.3) is 10.8 Å². The fraction of sp³-hybridized carbons (Fsp3) is 0. The normalized spacial score (nSPS) is 10.7. The molecule has 0 radical (unpaired) electrons. The molecule has 0 saturated carbocycles. The number of carbonyl (C=O) groups is 1. The molecule has 1 amide bonds. The summed E-state index contributed by atoms with van der Waals surface area (Å²) < 4.78 is 6.08. The molecular formula is C15H9BrClNO2. The molecule has 0 fully saturated rings. The van der Waals surface area contributed by atoms with E-state index < -0.39 is 0 Å². The molecule has 20 heavy (non-hydrogen) atoms. The van der Waals surface area contributed by atoms with Crippen molar-refractivity contribution in [3.05, 3.63) is 64.0 Å². The number of halogens is 2. The summed E-state index contributed by atoms with van der Waals surface area (Å²) in [6.45, 7) is 0. The topological polar surface area (TPSA) is 42.2 Å². The summed E-state index contributed by atoms with van der Waals surface area (Å²) in [6.07, 6.45) is 0. The van der Waals surface area contributed by atoms with E-state index in [-0.39, 0.29) is 16.9 Å². The van der Waals surface area contributed by atoms with E-state index in [1.807, 2.05) is 36.4 Å². The molecule has 0 saturated heterocycles. The number of hydrogen-bond acceptors (Lipinski definition) is 2. The van der Waals surface area contributed by atoms with Gasteiger partial charge in [0.05, 0.1) is 0 Å². The zero-order valence-corrected chi connectivity index (χ0v) is 12.5. The Hall–Kier alpha value is -1.78. The first-order valence-corrected chi connectivity index (χ1v) is 7.06. The van der Waals surface area contributed by atoms with Gasteiger partial charge < -0.3 is 9.73 Å². The molecule has 3 aromatic rings. The third-order valence-electron chi connectivity index (χ3n) is 2.92. The number of rotatable bonds is 2. The van der Waals surface area contributed by atoms with E-state index in [1.165, 1.54) is 6.07 Å². The average Bonchev–Trinajstić information content (AvgIpc) is 2.89. The van der Waals surface area contributed by atoms with Crippen LogP contribution < -0.4 is 5.32 Å². The highest BCUT2D eigenvalue weighted by Gasteiger charge is 2.12. The van der Waals surface area contributed by atoms with E-state index >= 15 is 0 Å². The van der Waals surface area contributed by atoms with Crippen molar-refractivity contribution >= 4 is 49.9 Å². The molecule has 2 aromatic carbocycles. The monoisotopic (exact) mass is 349 g/mol. The van der Waals surface area contributed by atoms with Gasteiger partial charge in [-0.05, 0) is 41.3 Å². The predicted molar refractivity (Wildman–Crippen MR) is 83.3 cm³/mol. The summed E-state index contributed by atoms with van der Waals surface area (Å²) >= 11 is 9.17. The molecule has 3 rings (SSSR count). The van der Waals surface area contributed by atoms with Crippen LogP contribution in [0.5, 0.6) is 0 Å². The average molecular weight is 351 g/mol. The lowest BCUT2D eigenvalue weighted by Crippen LogP contribution is -2.11. The van der Waals surface area contributed by atoms with E-state index in [1.54, 1.807) is 6.07 Å². The maximum Gasteiger partial charge on any atom is 0.291 e. The Balaban J connectivity index is 1.99. The highest BCUT2D eigenvalue weighted by molar-refractivity contribution is 9.10. The van der Waals surface area contributed by atoms with Crippen LogP contribution in [0.3, 0.4) is 0 Å². The lowest BCUT2D eigenvalue weighted by molar-refractivity contribution is 0.0997. The standard InChI is InChI=1S/C15H9BrClNO2/c16-11-5-6-12(10-4-2-1-3-9(10)11)18-15(19)13-7-8-14(17)20-13/h1-8H,(H,18,19). The van der Waals surface area contributed by atoms with Crippen LogP contribution in [0.1, 0.15) is 10.6 Å². The molecule has 0 aliphatic heterocycles. The van der Waals surface area contributed by atoms with Gasteiger partial charge >= 0.3 is 0 Å². The predicted octanol–water partition coefficient (Wildman–Crippen LogP) is 5.10. The summed E-state index contributed by atoms with van der Waals surface area (Å²) in [5.74, 6) is -0.147. The largest absolute Gasteiger partial charge is 0.440 e. The Kier molecular flexibility index (Phi) is 3.51. The molecule has 5 heteroatoms. The molecule has 3 nitrogen and oxygen atoms in total. The molecule has 0 atom stereocenters. The van der Waals surface area contributed by atoms with Gasteiger partial charge in [-0.3, -0.25) is 4.79 Å². The first-order valence-electron chi connectivity index (χ1n) is 5.89. The Labute approximate surface area is 128 Å². The van der Waals surface area contributed by atoms with Gasteiger partial charge in [0.15, 0.2) is 11.0 Å². The van der Waals surface area contributed by atoms with Gasteiger partial charge in [-0.1, -0.05) is 40.2 Å². The molecule has 0 unspecified atom stereocenters. The molecule has 0 aliphatic rings. The summed E-state index contributed by atoms with van der Waals surface area (Å²) in [5.41, 5.74) is 0.723. The molecule has 0 aliphatic carbocycles. The van der Waals surface area contributed by atoms with Crippen molar-refractivity contribution in [2.75, 3.05) is 5.32 Å². The fourth-order valence-corrected chi connectivity index (χ4v) is 2.62. The van der Waals surface area contributed by atoms with Gasteiger partial charge in [0.25, 0.3) is 5.91 Å². The van der Waals surface area contributed by atoms with Crippen LogP contribution >= 0.6 is 27.5 Å². The summed E-state index contributed by atoms with van der Waals surface area (Å²) in [7, 11) is 0. The SMILES string of the molecule is O=C(Nc1ccc(Br)c2ccccc12)c1ccc(Cl)o1. The van der Waals surface area contributed by atoms with Crippen molar-refractivity contribution in [1.29, 1.82) is 0 Å². The Bertz CT molecular complexity index is 797. The van der Waals surface area contributed by atoms with Gasteiger partial charge in [0.1, 0.15) is 0 Å². The summed E-state index contributed by atoms with van der Waals surface area (Å²) in [6, 6.07) is 14.6. The fourth-order valence-electron chi connectivity index (χ4n) is 1.99. The summed E-state index contributed by atoms with van der Waals surface area (Å²) in [4.78, 5) is 12.1. The number of nitrogens with one attached hydrogen (secondary N) is 1. The minimum Gasteiger partial charge on any atom is -0.440 e. The van der Waals surface area contributed by atoms with Gasteiger partial charge in [-0.25, -0.2) is 0 Å². The van der Waals surface area contributed by atoms with Crippen LogP contribution in [0.2, 0.25) is 5.22 Å². The molecular weight excluding hydrogens is 342 g/mol. The van der Waals surface area contributed by atoms with E-state index in [2.05, 4.69) is 21.2 Å². The van der Waals surface area contributed by atoms with Crippen LogP contribution in [-0.2, 0) is 0 Å². The number of hydrogen-bond donors (Lipinski definition) is 1. The smallest absolute Gasteiger partial charge is 0.291 e. The number of furan rings is 1. The van der Waals surface area contributed by atoms with Crippen molar-refractivity contribution in [3.8, 4) is 0 Å². The van der Waals surface area contributed by atoms with E-state index in [0.717, 1.165) is 20.9 Å². The third-order valence-corrected chi connectivity index (χ3v) is 3.81. The first-order chi connectivity index (χ1) is 9.65. The van der Waals surface area contributed by atoms with E-state index in [4.69, 9.17) is 16.0 Å².